The molecule has 0 heterocycles. The molecule has 0 bridgehead atoms. The number of aliphatic carboxylic acids is 1. The number of aliphatic hydroxyl groups is 1. The van der Waals surface area contributed by atoms with Crippen molar-refractivity contribution in [1.82, 2.24) is 10.2 Å². The van der Waals surface area contributed by atoms with Gasteiger partial charge in [-0.3, -0.25) is 0 Å². The van der Waals surface area contributed by atoms with Crippen LogP contribution in [0.15, 0.2) is 0 Å². The molecule has 1 atom stereocenters. The quantitative estimate of drug-likeness (QED) is 0.680. The molecule has 1 fully saturated rings. The van der Waals surface area contributed by atoms with Crippen LogP contribution in [0.5, 0.6) is 0 Å². The lowest BCUT2D eigenvalue weighted by atomic mass is 9.95. The van der Waals surface area contributed by atoms with Gasteiger partial charge in [0.05, 0.1) is 0 Å². The number of carboxylic acids is 1. The van der Waals surface area contributed by atoms with Crippen molar-refractivity contribution in [3.63, 3.8) is 0 Å². The highest BCUT2D eigenvalue weighted by Gasteiger charge is 2.25. The summed E-state index contributed by atoms with van der Waals surface area (Å²) < 4.78 is 0. The van der Waals surface area contributed by atoms with Crippen LogP contribution in [0, 0.1) is 0 Å². The number of carbonyl (C=O) groups is 2. The Bertz CT molecular complexity index is 290. The van der Waals surface area contributed by atoms with Crippen molar-refractivity contribution in [2.75, 3.05) is 13.7 Å². The third kappa shape index (κ3) is 4.18. The van der Waals surface area contributed by atoms with Crippen LogP contribution >= 0.6 is 0 Å². The first kappa shape index (κ1) is 14.8. The summed E-state index contributed by atoms with van der Waals surface area (Å²) in [5, 5.41) is 20.1. The average molecular weight is 258 g/mol. The molecule has 0 aliphatic heterocycles. The Balaban J connectivity index is 2.48. The van der Waals surface area contributed by atoms with E-state index < -0.39 is 12.0 Å². The zero-order valence-corrected chi connectivity index (χ0v) is 10.8. The van der Waals surface area contributed by atoms with E-state index in [1.807, 2.05) is 0 Å². The maximum absolute atomic E-state index is 11.9. The number of hydrogen-bond donors (Lipinski definition) is 3. The van der Waals surface area contributed by atoms with Crippen LogP contribution in [0.1, 0.15) is 38.5 Å². The summed E-state index contributed by atoms with van der Waals surface area (Å²) in [4.78, 5) is 24.4. The number of amides is 2. The molecule has 0 radical (unpaired) electrons. The SMILES string of the molecule is CN(C(=O)N[C@H](CCO)C(=O)O)C1CCCCC1. The molecule has 0 aromatic carbocycles. The average Bonchev–Trinajstić information content (AvgIpc) is 2.38. The summed E-state index contributed by atoms with van der Waals surface area (Å²) in [6.07, 6.45) is 5.40. The molecule has 3 N–H and O–H groups in total. The maximum Gasteiger partial charge on any atom is 0.326 e. The highest BCUT2D eigenvalue weighted by Crippen LogP contribution is 2.21. The van der Waals surface area contributed by atoms with E-state index >= 15 is 0 Å². The lowest BCUT2D eigenvalue weighted by Crippen LogP contribution is -2.50. The predicted molar refractivity (Wildman–Crippen MR) is 66.3 cm³/mol. The van der Waals surface area contributed by atoms with Crippen molar-refractivity contribution < 1.29 is 19.8 Å². The molecular formula is C12H22N2O4. The van der Waals surface area contributed by atoms with Gasteiger partial charge in [-0.15, -0.1) is 0 Å². The van der Waals surface area contributed by atoms with Gasteiger partial charge >= 0.3 is 12.0 Å². The number of nitrogens with one attached hydrogen (secondary N) is 1. The van der Waals surface area contributed by atoms with Crippen LogP contribution in [0.25, 0.3) is 0 Å². The monoisotopic (exact) mass is 258 g/mol. The summed E-state index contributed by atoms with van der Waals surface area (Å²) in [6.45, 7) is -0.260. The molecule has 2 amide bonds. The topological polar surface area (TPSA) is 89.9 Å². The zero-order chi connectivity index (χ0) is 13.5. The van der Waals surface area contributed by atoms with Crippen molar-refractivity contribution in [3.05, 3.63) is 0 Å². The zero-order valence-electron chi connectivity index (χ0n) is 10.8. The number of carbonyl (C=O) groups excluding carboxylic acids is 1. The molecule has 1 rings (SSSR count). The Morgan fingerprint density at radius 2 is 1.94 bits per heavy atom. The summed E-state index contributed by atoms with van der Waals surface area (Å²) in [5.41, 5.74) is 0. The summed E-state index contributed by atoms with van der Waals surface area (Å²) >= 11 is 0. The molecule has 104 valence electrons. The first-order valence-corrected chi connectivity index (χ1v) is 6.43. The first-order valence-electron chi connectivity index (χ1n) is 6.43. The van der Waals surface area contributed by atoms with Crippen molar-refractivity contribution >= 4 is 12.0 Å². The molecule has 0 aromatic rings. The number of rotatable bonds is 5. The molecule has 18 heavy (non-hydrogen) atoms. The number of nitrogens with zero attached hydrogens (tertiary/aromatic N) is 1. The normalized spacial score (nSPS) is 18.1. The molecule has 1 aliphatic rings. The second-order valence-electron chi connectivity index (χ2n) is 4.76. The van der Waals surface area contributed by atoms with Gasteiger partial charge < -0.3 is 20.4 Å². The fourth-order valence-electron chi connectivity index (χ4n) is 2.27. The molecule has 0 aromatic heterocycles. The summed E-state index contributed by atoms with van der Waals surface area (Å²) in [5.74, 6) is -1.12. The molecule has 0 unspecified atom stereocenters. The van der Waals surface area contributed by atoms with Gasteiger partial charge in [-0.2, -0.15) is 0 Å². The second kappa shape index (κ2) is 7.20. The first-order chi connectivity index (χ1) is 8.56. The van der Waals surface area contributed by atoms with Crippen molar-refractivity contribution in [2.24, 2.45) is 0 Å². The molecule has 6 nitrogen and oxygen atoms in total. The lowest BCUT2D eigenvalue weighted by molar-refractivity contribution is -0.139. The molecular weight excluding hydrogens is 236 g/mol. The third-order valence-corrected chi connectivity index (χ3v) is 3.46. The molecule has 0 saturated heterocycles. The van der Waals surface area contributed by atoms with Crippen LogP contribution in [-0.4, -0.2) is 52.9 Å². The van der Waals surface area contributed by atoms with Gasteiger partial charge in [-0.1, -0.05) is 19.3 Å². The minimum absolute atomic E-state index is 0.0274. The second-order valence-corrected chi connectivity index (χ2v) is 4.76. The largest absolute Gasteiger partial charge is 0.480 e. The Morgan fingerprint density at radius 1 is 1.33 bits per heavy atom. The van der Waals surface area contributed by atoms with Gasteiger partial charge in [0.15, 0.2) is 0 Å². The summed E-state index contributed by atoms with van der Waals surface area (Å²) in [7, 11) is 1.70. The number of urea groups is 1. The molecule has 6 heteroatoms. The van der Waals surface area contributed by atoms with Gasteiger partial charge in [0.25, 0.3) is 0 Å². The fourth-order valence-corrected chi connectivity index (χ4v) is 2.27. The molecule has 1 aliphatic carbocycles. The predicted octanol–water partition coefficient (Wildman–Crippen LogP) is 0.796. The van der Waals surface area contributed by atoms with Gasteiger partial charge in [0.1, 0.15) is 6.04 Å². The fraction of sp³-hybridized carbons (Fsp3) is 0.833. The number of aliphatic hydroxyl groups excluding tert-OH is 1. The Labute approximate surface area is 107 Å². The highest BCUT2D eigenvalue weighted by atomic mass is 16.4. The number of carboxylic acid groups (broad SMARTS) is 1. The van der Waals surface area contributed by atoms with Crippen molar-refractivity contribution in [1.29, 1.82) is 0 Å². The minimum Gasteiger partial charge on any atom is -0.480 e. The van der Waals surface area contributed by atoms with E-state index in [0.29, 0.717) is 0 Å². The van der Waals surface area contributed by atoms with Crippen molar-refractivity contribution in [3.8, 4) is 0 Å². The Morgan fingerprint density at radius 3 is 2.44 bits per heavy atom. The standard InChI is InChI=1S/C12H22N2O4/c1-14(9-5-3-2-4-6-9)12(18)13-10(7-8-15)11(16)17/h9-10,15H,2-8H2,1H3,(H,13,18)(H,16,17)/t10-/m1/s1. The van der Waals surface area contributed by atoms with Crippen LogP contribution in [0.4, 0.5) is 4.79 Å². The molecule has 1 saturated carbocycles. The minimum atomic E-state index is -1.12. The summed E-state index contributed by atoms with van der Waals surface area (Å²) in [6, 6.07) is -1.20. The Kier molecular flexibility index (Phi) is 5.91. The third-order valence-electron chi connectivity index (χ3n) is 3.46. The van der Waals surface area contributed by atoms with E-state index in [-0.39, 0.29) is 25.1 Å². The number of hydrogen-bond acceptors (Lipinski definition) is 3. The van der Waals surface area contributed by atoms with Crippen LogP contribution in [-0.2, 0) is 4.79 Å². The van der Waals surface area contributed by atoms with Crippen molar-refractivity contribution in [2.45, 2.75) is 50.6 Å². The van der Waals surface area contributed by atoms with Gasteiger partial charge in [0, 0.05) is 26.1 Å². The van der Waals surface area contributed by atoms with Gasteiger partial charge in [-0.25, -0.2) is 9.59 Å². The van der Waals surface area contributed by atoms with E-state index in [1.54, 1.807) is 11.9 Å². The molecule has 0 spiro atoms. The van der Waals surface area contributed by atoms with E-state index in [1.165, 1.54) is 6.42 Å². The lowest BCUT2D eigenvalue weighted by Gasteiger charge is -2.32. The van der Waals surface area contributed by atoms with E-state index in [2.05, 4.69) is 5.32 Å². The van der Waals surface area contributed by atoms with Crippen LogP contribution in [0.3, 0.4) is 0 Å². The van der Waals surface area contributed by atoms with Gasteiger partial charge in [0.2, 0.25) is 0 Å². The van der Waals surface area contributed by atoms with Gasteiger partial charge in [-0.05, 0) is 12.8 Å². The highest BCUT2D eigenvalue weighted by molar-refractivity contribution is 5.82. The van der Waals surface area contributed by atoms with Crippen LogP contribution in [0.2, 0.25) is 0 Å². The van der Waals surface area contributed by atoms with Crippen LogP contribution < -0.4 is 5.32 Å². The maximum atomic E-state index is 11.9. The Hall–Kier alpha value is -1.30. The smallest absolute Gasteiger partial charge is 0.326 e. The van der Waals surface area contributed by atoms with E-state index in [0.717, 1.165) is 25.7 Å². The van der Waals surface area contributed by atoms with E-state index in [9.17, 15) is 9.59 Å². The van der Waals surface area contributed by atoms with E-state index in [4.69, 9.17) is 10.2 Å².